The van der Waals surface area contributed by atoms with Gasteiger partial charge in [0.25, 0.3) is 0 Å². The van der Waals surface area contributed by atoms with Crippen LogP contribution < -0.4 is 5.32 Å². The van der Waals surface area contributed by atoms with Crippen LogP contribution in [-0.4, -0.2) is 36.0 Å². The van der Waals surface area contributed by atoms with Crippen LogP contribution in [0, 0.1) is 17.2 Å². The second kappa shape index (κ2) is 7.62. The predicted octanol–water partition coefficient (Wildman–Crippen LogP) is 2.14. The van der Waals surface area contributed by atoms with Crippen molar-refractivity contribution in [1.29, 1.82) is 5.26 Å². The molecule has 2 aliphatic rings. The maximum Gasteiger partial charge on any atom is 0.240 e. The molecule has 0 saturated carbocycles. The van der Waals surface area contributed by atoms with Crippen molar-refractivity contribution in [2.24, 2.45) is 5.92 Å². The Labute approximate surface area is 137 Å². The van der Waals surface area contributed by atoms with Gasteiger partial charge in [-0.2, -0.15) is 5.26 Å². The monoisotopic (exact) mass is 319 g/mol. The average molecular weight is 320 g/mol. The van der Waals surface area contributed by atoms with Crippen molar-refractivity contribution in [2.45, 2.75) is 37.8 Å². The molecule has 3 atom stereocenters. The van der Waals surface area contributed by atoms with Gasteiger partial charge >= 0.3 is 0 Å². The molecule has 1 N–H and O–H groups in total. The summed E-state index contributed by atoms with van der Waals surface area (Å²) >= 11 is 0. The van der Waals surface area contributed by atoms with Crippen LogP contribution in [0.2, 0.25) is 0 Å². The van der Waals surface area contributed by atoms with E-state index in [0.29, 0.717) is 5.92 Å². The standard InChI is InChI=1S/C17H21N3O.ClH/c18-11-15-7-4-8-20(15)17(21)16-10-14(12-19-16)9-13-5-2-1-3-6-13;/h1-3,5-6,14-16,19H,4,7-10,12H2;1H/t14?,15-,16-;/m0./s1. The quantitative estimate of drug-likeness (QED) is 0.928. The number of rotatable bonds is 3. The Balaban J connectivity index is 0.00000176. The van der Waals surface area contributed by atoms with Gasteiger partial charge in [0, 0.05) is 6.54 Å². The molecule has 22 heavy (non-hydrogen) atoms. The third kappa shape index (κ3) is 3.60. The lowest BCUT2D eigenvalue weighted by atomic mass is 9.96. The molecule has 2 fully saturated rings. The Kier molecular flexibility index (Phi) is 5.82. The van der Waals surface area contributed by atoms with E-state index in [1.165, 1.54) is 5.56 Å². The molecule has 5 heteroatoms. The zero-order valence-electron chi connectivity index (χ0n) is 12.6. The zero-order chi connectivity index (χ0) is 14.7. The number of likely N-dealkylation sites (tertiary alicyclic amines) is 1. The number of halogens is 1. The topological polar surface area (TPSA) is 56.1 Å². The molecule has 1 aromatic carbocycles. The minimum absolute atomic E-state index is 0. The number of amides is 1. The van der Waals surface area contributed by atoms with Gasteiger partial charge in [0.15, 0.2) is 0 Å². The van der Waals surface area contributed by atoms with Gasteiger partial charge in [-0.05, 0) is 43.7 Å². The summed E-state index contributed by atoms with van der Waals surface area (Å²) in [5.74, 6) is 0.624. The molecule has 0 radical (unpaired) electrons. The van der Waals surface area contributed by atoms with Crippen LogP contribution in [0.5, 0.6) is 0 Å². The van der Waals surface area contributed by atoms with E-state index in [2.05, 4.69) is 35.7 Å². The first kappa shape index (κ1) is 16.8. The van der Waals surface area contributed by atoms with Crippen LogP contribution in [0.1, 0.15) is 24.8 Å². The molecular formula is C17H22ClN3O. The fourth-order valence-electron chi connectivity index (χ4n) is 3.46. The number of hydrogen-bond acceptors (Lipinski definition) is 3. The van der Waals surface area contributed by atoms with E-state index in [4.69, 9.17) is 5.26 Å². The first-order valence-electron chi connectivity index (χ1n) is 7.75. The molecule has 0 bridgehead atoms. The van der Waals surface area contributed by atoms with Gasteiger partial charge in [0.2, 0.25) is 5.91 Å². The van der Waals surface area contributed by atoms with Gasteiger partial charge in [-0.15, -0.1) is 12.4 Å². The molecule has 0 aliphatic carbocycles. The average Bonchev–Trinajstić information content (AvgIpc) is 3.16. The van der Waals surface area contributed by atoms with Gasteiger partial charge in [0.1, 0.15) is 6.04 Å². The van der Waals surface area contributed by atoms with Crippen LogP contribution in [0.15, 0.2) is 30.3 Å². The van der Waals surface area contributed by atoms with Crippen LogP contribution in [0.4, 0.5) is 0 Å². The van der Waals surface area contributed by atoms with Gasteiger partial charge in [-0.1, -0.05) is 30.3 Å². The second-order valence-electron chi connectivity index (χ2n) is 6.07. The normalized spacial score (nSPS) is 27.2. The lowest BCUT2D eigenvalue weighted by Crippen LogP contribution is -2.45. The van der Waals surface area contributed by atoms with Crippen LogP contribution >= 0.6 is 12.4 Å². The Morgan fingerprint density at radius 2 is 2.14 bits per heavy atom. The summed E-state index contributed by atoms with van der Waals surface area (Å²) in [5, 5.41) is 12.5. The van der Waals surface area contributed by atoms with E-state index < -0.39 is 0 Å². The summed E-state index contributed by atoms with van der Waals surface area (Å²) in [6, 6.07) is 12.3. The van der Waals surface area contributed by atoms with E-state index in [-0.39, 0.29) is 30.4 Å². The first-order valence-corrected chi connectivity index (χ1v) is 7.75. The maximum absolute atomic E-state index is 12.5. The predicted molar refractivity (Wildman–Crippen MR) is 87.6 cm³/mol. The fraction of sp³-hybridized carbons (Fsp3) is 0.529. The smallest absolute Gasteiger partial charge is 0.240 e. The lowest BCUT2D eigenvalue weighted by molar-refractivity contribution is -0.133. The highest BCUT2D eigenvalue weighted by molar-refractivity contribution is 5.85. The van der Waals surface area contributed by atoms with Crippen molar-refractivity contribution in [2.75, 3.05) is 13.1 Å². The van der Waals surface area contributed by atoms with E-state index in [9.17, 15) is 4.79 Å². The van der Waals surface area contributed by atoms with E-state index in [0.717, 1.165) is 38.8 Å². The van der Waals surface area contributed by atoms with E-state index >= 15 is 0 Å². The Morgan fingerprint density at radius 1 is 1.36 bits per heavy atom. The molecule has 1 unspecified atom stereocenters. The highest BCUT2D eigenvalue weighted by atomic mass is 35.5. The molecule has 0 aromatic heterocycles. The zero-order valence-corrected chi connectivity index (χ0v) is 13.4. The Morgan fingerprint density at radius 3 is 2.86 bits per heavy atom. The highest BCUT2D eigenvalue weighted by Crippen LogP contribution is 2.24. The summed E-state index contributed by atoms with van der Waals surface area (Å²) in [6.07, 6.45) is 3.66. The third-order valence-electron chi connectivity index (χ3n) is 4.57. The fourth-order valence-corrected chi connectivity index (χ4v) is 3.46. The second-order valence-corrected chi connectivity index (χ2v) is 6.07. The van der Waals surface area contributed by atoms with Crippen LogP contribution in [0.3, 0.4) is 0 Å². The van der Waals surface area contributed by atoms with Crippen molar-refractivity contribution in [3.63, 3.8) is 0 Å². The van der Waals surface area contributed by atoms with Gasteiger partial charge in [-0.25, -0.2) is 0 Å². The number of nitrogens with zero attached hydrogens (tertiary/aromatic N) is 2. The summed E-state index contributed by atoms with van der Waals surface area (Å²) in [5.41, 5.74) is 1.33. The molecule has 3 rings (SSSR count). The van der Waals surface area contributed by atoms with Crippen molar-refractivity contribution < 1.29 is 4.79 Å². The molecule has 2 heterocycles. The number of hydrogen-bond donors (Lipinski definition) is 1. The summed E-state index contributed by atoms with van der Waals surface area (Å²) in [6.45, 7) is 1.62. The first-order chi connectivity index (χ1) is 10.3. The largest absolute Gasteiger partial charge is 0.325 e. The molecule has 0 spiro atoms. The van der Waals surface area contributed by atoms with Crippen molar-refractivity contribution >= 4 is 18.3 Å². The summed E-state index contributed by atoms with van der Waals surface area (Å²) < 4.78 is 0. The maximum atomic E-state index is 12.5. The van der Waals surface area contributed by atoms with Gasteiger partial charge in [0.05, 0.1) is 12.1 Å². The van der Waals surface area contributed by atoms with Crippen LogP contribution in [0.25, 0.3) is 0 Å². The van der Waals surface area contributed by atoms with Crippen molar-refractivity contribution in [3.05, 3.63) is 35.9 Å². The number of carbonyl (C=O) groups excluding carboxylic acids is 1. The summed E-state index contributed by atoms with van der Waals surface area (Å²) in [7, 11) is 0. The molecular weight excluding hydrogens is 298 g/mol. The number of nitrogens with one attached hydrogen (secondary N) is 1. The molecule has 1 aromatic rings. The number of nitriles is 1. The lowest BCUT2D eigenvalue weighted by Gasteiger charge is -2.23. The molecule has 1 amide bonds. The van der Waals surface area contributed by atoms with Crippen LogP contribution in [-0.2, 0) is 11.2 Å². The van der Waals surface area contributed by atoms with E-state index in [1.807, 2.05) is 6.07 Å². The van der Waals surface area contributed by atoms with Gasteiger partial charge < -0.3 is 10.2 Å². The molecule has 2 saturated heterocycles. The molecule has 4 nitrogen and oxygen atoms in total. The highest BCUT2D eigenvalue weighted by Gasteiger charge is 2.36. The van der Waals surface area contributed by atoms with Gasteiger partial charge in [-0.3, -0.25) is 4.79 Å². The minimum atomic E-state index is -0.215. The molecule has 2 aliphatic heterocycles. The van der Waals surface area contributed by atoms with E-state index in [1.54, 1.807) is 4.90 Å². The Hall–Kier alpha value is -1.57. The van der Waals surface area contributed by atoms with Crippen molar-refractivity contribution in [3.8, 4) is 6.07 Å². The number of carbonyl (C=O) groups is 1. The number of benzene rings is 1. The third-order valence-corrected chi connectivity index (χ3v) is 4.57. The van der Waals surface area contributed by atoms with Crippen molar-refractivity contribution in [1.82, 2.24) is 10.2 Å². The summed E-state index contributed by atoms with van der Waals surface area (Å²) in [4.78, 5) is 14.3. The minimum Gasteiger partial charge on any atom is -0.325 e. The SMILES string of the molecule is Cl.N#C[C@@H]1CCCN1C(=O)[C@@H]1CC(Cc2ccccc2)CN1. The Bertz CT molecular complexity index is 543. The molecule has 118 valence electrons.